The SMILES string of the molecule is Cc1ccc(Nc2nc(N/N=C/c3cc([N+](=O)[O-])ccc3F)nc(N3CCC(Cc4ccccc4)CC3)n2)cc1.Cl. The Morgan fingerprint density at radius 2 is 1.73 bits per heavy atom. The van der Waals surface area contributed by atoms with Crippen molar-refractivity contribution in [2.45, 2.75) is 26.2 Å². The minimum Gasteiger partial charge on any atom is -0.341 e. The number of piperidine rings is 1. The van der Waals surface area contributed by atoms with Crippen LogP contribution < -0.4 is 15.6 Å². The molecule has 1 aromatic heterocycles. The van der Waals surface area contributed by atoms with E-state index in [0.717, 1.165) is 68.0 Å². The van der Waals surface area contributed by atoms with Gasteiger partial charge in [0.1, 0.15) is 5.82 Å². The lowest BCUT2D eigenvalue weighted by Gasteiger charge is -2.32. The van der Waals surface area contributed by atoms with Crippen molar-refractivity contribution >= 4 is 47.8 Å². The highest BCUT2D eigenvalue weighted by Gasteiger charge is 2.22. The van der Waals surface area contributed by atoms with Crippen LogP contribution in [0.2, 0.25) is 0 Å². The van der Waals surface area contributed by atoms with Gasteiger partial charge in [-0.1, -0.05) is 48.0 Å². The fraction of sp³-hybridized carbons (Fsp3) is 0.241. The Kier molecular flexibility index (Phi) is 9.75. The number of benzene rings is 3. The van der Waals surface area contributed by atoms with Crippen LogP contribution in [-0.4, -0.2) is 39.2 Å². The third-order valence-corrected chi connectivity index (χ3v) is 6.75. The number of hydrogen-bond acceptors (Lipinski definition) is 9. The normalized spacial score (nSPS) is 13.6. The number of nitro benzene ring substituents is 1. The summed E-state index contributed by atoms with van der Waals surface area (Å²) >= 11 is 0. The molecule has 2 heterocycles. The van der Waals surface area contributed by atoms with E-state index in [2.05, 4.69) is 60.0 Å². The summed E-state index contributed by atoms with van der Waals surface area (Å²) in [5.74, 6) is 0.944. The molecule has 1 fully saturated rings. The quantitative estimate of drug-likeness (QED) is 0.135. The molecule has 2 N–H and O–H groups in total. The molecule has 0 saturated carbocycles. The first-order valence-corrected chi connectivity index (χ1v) is 13.0. The van der Waals surface area contributed by atoms with E-state index in [0.29, 0.717) is 17.8 Å². The lowest BCUT2D eigenvalue weighted by Crippen LogP contribution is -2.35. The van der Waals surface area contributed by atoms with E-state index in [1.54, 1.807) is 0 Å². The monoisotopic (exact) mass is 576 g/mol. The maximum absolute atomic E-state index is 14.2. The summed E-state index contributed by atoms with van der Waals surface area (Å²) < 4.78 is 14.2. The standard InChI is InChI=1S/C29H29FN8O2.ClH/c1-20-7-9-24(10-8-20)32-27-33-28(36-31-19-23-18-25(38(39)40)11-12-26(23)30)35-29(34-27)37-15-13-22(14-16-37)17-21-5-3-2-4-6-21;/h2-12,18-19,22H,13-17H2,1H3,(H2,32,33,34,35,36);1H/b31-19+;. The largest absolute Gasteiger partial charge is 0.341 e. The predicted molar refractivity (Wildman–Crippen MR) is 161 cm³/mol. The van der Waals surface area contributed by atoms with Gasteiger partial charge in [-0.15, -0.1) is 12.4 Å². The molecule has 5 rings (SSSR count). The molecular weight excluding hydrogens is 547 g/mol. The van der Waals surface area contributed by atoms with Crippen LogP contribution in [0.4, 0.5) is 33.6 Å². The van der Waals surface area contributed by atoms with Crippen molar-refractivity contribution in [3.63, 3.8) is 0 Å². The molecule has 0 aliphatic carbocycles. The molecule has 0 amide bonds. The Bertz CT molecular complexity index is 1500. The summed E-state index contributed by atoms with van der Waals surface area (Å²) in [7, 11) is 0. The predicted octanol–water partition coefficient (Wildman–Crippen LogP) is 6.30. The third kappa shape index (κ3) is 7.95. The van der Waals surface area contributed by atoms with Crippen LogP contribution in [0.3, 0.4) is 0 Å². The van der Waals surface area contributed by atoms with Gasteiger partial charge in [0.25, 0.3) is 5.69 Å². The Labute approximate surface area is 243 Å². The van der Waals surface area contributed by atoms with E-state index >= 15 is 0 Å². The zero-order chi connectivity index (χ0) is 27.9. The van der Waals surface area contributed by atoms with E-state index in [9.17, 15) is 14.5 Å². The average molecular weight is 577 g/mol. The van der Waals surface area contributed by atoms with Crippen molar-refractivity contribution in [1.29, 1.82) is 0 Å². The number of hydrogen-bond donors (Lipinski definition) is 2. The molecule has 0 bridgehead atoms. The topological polar surface area (TPSA) is 121 Å². The Balaban J connectivity index is 0.00000387. The van der Waals surface area contributed by atoms with Crippen molar-refractivity contribution in [1.82, 2.24) is 15.0 Å². The lowest BCUT2D eigenvalue weighted by atomic mass is 9.90. The second-order valence-corrected chi connectivity index (χ2v) is 9.73. The van der Waals surface area contributed by atoms with E-state index in [4.69, 9.17) is 0 Å². The van der Waals surface area contributed by atoms with Gasteiger partial charge in [0.15, 0.2) is 0 Å². The molecule has 0 unspecified atom stereocenters. The lowest BCUT2D eigenvalue weighted by molar-refractivity contribution is -0.384. The number of aromatic nitrogens is 3. The molecule has 10 nitrogen and oxygen atoms in total. The molecule has 12 heteroatoms. The molecule has 41 heavy (non-hydrogen) atoms. The molecular formula is C29H30ClFN8O2. The van der Waals surface area contributed by atoms with Crippen molar-refractivity contribution in [3.05, 3.63) is 105 Å². The first-order valence-electron chi connectivity index (χ1n) is 13.0. The molecule has 1 saturated heterocycles. The molecule has 3 aromatic carbocycles. The van der Waals surface area contributed by atoms with Crippen LogP contribution in [0, 0.1) is 28.8 Å². The molecule has 1 aliphatic rings. The van der Waals surface area contributed by atoms with Crippen LogP contribution in [0.15, 0.2) is 77.9 Å². The molecule has 0 atom stereocenters. The summed E-state index contributed by atoms with van der Waals surface area (Å²) in [6.07, 6.45) is 4.22. The van der Waals surface area contributed by atoms with Crippen LogP contribution in [0.25, 0.3) is 0 Å². The van der Waals surface area contributed by atoms with Gasteiger partial charge in [0, 0.05) is 36.5 Å². The molecule has 1 aliphatic heterocycles. The molecule has 0 spiro atoms. The highest BCUT2D eigenvalue weighted by molar-refractivity contribution is 5.85. The molecule has 0 radical (unpaired) electrons. The van der Waals surface area contributed by atoms with Crippen molar-refractivity contribution in [2.24, 2.45) is 11.0 Å². The van der Waals surface area contributed by atoms with Gasteiger partial charge in [-0.3, -0.25) is 10.1 Å². The number of anilines is 4. The summed E-state index contributed by atoms with van der Waals surface area (Å²) in [6.45, 7) is 3.61. The summed E-state index contributed by atoms with van der Waals surface area (Å²) in [5.41, 5.74) is 5.76. The van der Waals surface area contributed by atoms with Gasteiger partial charge in [-0.05, 0) is 55.9 Å². The summed E-state index contributed by atoms with van der Waals surface area (Å²) in [5, 5.41) is 18.3. The number of hydrazone groups is 1. The number of halogens is 2. The van der Waals surface area contributed by atoms with Gasteiger partial charge < -0.3 is 10.2 Å². The maximum atomic E-state index is 14.2. The number of nitro groups is 1. The van der Waals surface area contributed by atoms with Gasteiger partial charge in [0.2, 0.25) is 17.8 Å². The average Bonchev–Trinajstić information content (AvgIpc) is 2.96. The highest BCUT2D eigenvalue weighted by atomic mass is 35.5. The Morgan fingerprint density at radius 3 is 2.44 bits per heavy atom. The van der Waals surface area contributed by atoms with Gasteiger partial charge >= 0.3 is 0 Å². The zero-order valence-electron chi connectivity index (χ0n) is 22.4. The van der Waals surface area contributed by atoms with Crippen LogP contribution in [0.5, 0.6) is 0 Å². The first-order chi connectivity index (χ1) is 19.4. The number of nitrogens with zero attached hydrogens (tertiary/aromatic N) is 6. The van der Waals surface area contributed by atoms with Crippen LogP contribution in [0.1, 0.15) is 29.5 Å². The number of aryl methyl sites for hydroxylation is 1. The second kappa shape index (κ2) is 13.6. The third-order valence-electron chi connectivity index (χ3n) is 6.75. The fourth-order valence-electron chi connectivity index (χ4n) is 4.57. The minimum atomic E-state index is -0.632. The highest BCUT2D eigenvalue weighted by Crippen LogP contribution is 2.26. The fourth-order valence-corrected chi connectivity index (χ4v) is 4.57. The van der Waals surface area contributed by atoms with Crippen molar-refractivity contribution in [2.75, 3.05) is 28.7 Å². The van der Waals surface area contributed by atoms with Gasteiger partial charge in [0.05, 0.1) is 11.1 Å². The van der Waals surface area contributed by atoms with E-state index < -0.39 is 10.7 Å². The smallest absolute Gasteiger partial charge is 0.270 e. The number of nitrogens with one attached hydrogen (secondary N) is 2. The van der Waals surface area contributed by atoms with Crippen LogP contribution >= 0.6 is 12.4 Å². The van der Waals surface area contributed by atoms with Crippen LogP contribution in [-0.2, 0) is 6.42 Å². The number of rotatable bonds is 9. The first kappa shape index (κ1) is 29.3. The second-order valence-electron chi connectivity index (χ2n) is 9.73. The van der Waals surface area contributed by atoms with Gasteiger partial charge in [-0.25, -0.2) is 9.82 Å². The molecule has 4 aromatic rings. The van der Waals surface area contributed by atoms with E-state index in [-0.39, 0.29) is 29.6 Å². The van der Waals surface area contributed by atoms with Gasteiger partial charge in [-0.2, -0.15) is 20.1 Å². The summed E-state index contributed by atoms with van der Waals surface area (Å²) in [6, 6.07) is 21.6. The van der Waals surface area contributed by atoms with E-state index in [1.807, 2.05) is 37.3 Å². The Hall–Kier alpha value is -4.64. The summed E-state index contributed by atoms with van der Waals surface area (Å²) in [4.78, 5) is 26.2. The van der Waals surface area contributed by atoms with E-state index in [1.165, 1.54) is 5.56 Å². The molecule has 212 valence electrons. The number of non-ortho nitro benzene ring substituents is 1. The Morgan fingerprint density at radius 1 is 1.02 bits per heavy atom. The van der Waals surface area contributed by atoms with Crippen molar-refractivity contribution < 1.29 is 9.31 Å². The minimum absolute atomic E-state index is 0. The zero-order valence-corrected chi connectivity index (χ0v) is 23.2. The van der Waals surface area contributed by atoms with Crippen molar-refractivity contribution in [3.8, 4) is 0 Å². The maximum Gasteiger partial charge on any atom is 0.270 e.